The average molecular weight is 96.1 g/mol. The van der Waals surface area contributed by atoms with Gasteiger partial charge in [0.15, 0.2) is 0 Å². The van der Waals surface area contributed by atoms with Crippen molar-refractivity contribution in [2.24, 2.45) is 4.99 Å². The molecule has 1 nitrogen and oxygen atoms in total. The third kappa shape index (κ3) is 11.6. The summed E-state index contributed by atoms with van der Waals surface area (Å²) in [6.45, 7) is 0. The Labute approximate surface area is 58.8 Å². The van der Waals surface area contributed by atoms with Crippen molar-refractivity contribution in [3.63, 3.8) is 0 Å². The minimum absolute atomic E-state index is 0. The molecule has 0 amide bonds. The maximum absolute atomic E-state index is 4.14. The number of hydrogen-bond donors (Lipinski definition) is 0. The number of aliphatic imine (C=N–C) groups is 1. The van der Waals surface area contributed by atoms with Crippen molar-refractivity contribution in [2.45, 2.75) is 0 Å². The van der Waals surface area contributed by atoms with Gasteiger partial charge in [-0.1, -0.05) is 0 Å². The average Bonchev–Trinajstić information content (AvgIpc) is 1.37. The number of nitrogens with zero attached hydrogens (tertiary/aromatic N) is 1. The summed E-state index contributed by atoms with van der Waals surface area (Å²) < 4.78 is 0. The number of hydrogen-bond acceptors (Lipinski definition) is 2. The first-order valence-electron chi connectivity index (χ1n) is 0.875. The van der Waals surface area contributed by atoms with Crippen molar-refractivity contribution >= 4 is 46.9 Å². The van der Waals surface area contributed by atoms with Crippen LogP contribution in [0.4, 0.5) is 0 Å². The molecule has 0 aliphatic rings. The molecule has 0 aromatic rings. The second-order valence-electron chi connectivity index (χ2n) is 0.315. The summed E-state index contributed by atoms with van der Waals surface area (Å²) in [5, 5.41) is 2.14. The van der Waals surface area contributed by atoms with Crippen LogP contribution in [0.3, 0.4) is 0 Å². The van der Waals surface area contributed by atoms with Crippen LogP contribution in [0.25, 0.3) is 0 Å². The van der Waals surface area contributed by atoms with Crippen molar-refractivity contribution in [3.05, 3.63) is 0 Å². The first-order chi connectivity index (χ1) is 1.91. The molecule has 0 unspecified atom stereocenters. The number of isothiocyanates is 1. The van der Waals surface area contributed by atoms with Crippen molar-refractivity contribution in [2.75, 3.05) is 7.05 Å². The molecular formula is C2H3NNaS. The fourth-order valence-corrected chi connectivity index (χ4v) is 0. The zero-order valence-corrected chi connectivity index (χ0v) is 6.17. The summed E-state index contributed by atoms with van der Waals surface area (Å²) in [5.74, 6) is 0. The van der Waals surface area contributed by atoms with Gasteiger partial charge in [0.25, 0.3) is 0 Å². The van der Waals surface area contributed by atoms with Gasteiger partial charge >= 0.3 is 0 Å². The molecule has 0 saturated heterocycles. The molecule has 0 aliphatic heterocycles. The monoisotopic (exact) mass is 96.0 g/mol. The van der Waals surface area contributed by atoms with Gasteiger partial charge in [0.2, 0.25) is 0 Å². The number of thiocarbonyl (C=S) groups is 1. The zero-order chi connectivity index (χ0) is 3.41. The number of rotatable bonds is 0. The SMILES string of the molecule is CN=C=S.[Na]. The van der Waals surface area contributed by atoms with E-state index in [1.807, 2.05) is 0 Å². The van der Waals surface area contributed by atoms with E-state index < -0.39 is 0 Å². The van der Waals surface area contributed by atoms with E-state index in [0.717, 1.165) is 0 Å². The van der Waals surface area contributed by atoms with E-state index in [-0.39, 0.29) is 29.6 Å². The quantitative estimate of drug-likeness (QED) is 0.240. The maximum Gasteiger partial charge on any atom is 0.0582 e. The van der Waals surface area contributed by atoms with Crippen LogP contribution in [0, 0.1) is 0 Å². The largest absolute Gasteiger partial charge is 0.236 e. The third-order valence-corrected chi connectivity index (χ3v) is 0.274. The summed E-state index contributed by atoms with van der Waals surface area (Å²) in [6.07, 6.45) is 0. The Morgan fingerprint density at radius 3 is 2.00 bits per heavy atom. The van der Waals surface area contributed by atoms with E-state index in [4.69, 9.17) is 0 Å². The summed E-state index contributed by atoms with van der Waals surface area (Å²) in [7, 11) is 1.59. The van der Waals surface area contributed by atoms with Gasteiger partial charge in [-0.3, -0.25) is 0 Å². The predicted octanol–water partition coefficient (Wildman–Crippen LogP) is 0.338. The second-order valence-corrected chi connectivity index (χ2v) is 0.497. The zero-order valence-electron chi connectivity index (χ0n) is 3.36. The van der Waals surface area contributed by atoms with Crippen molar-refractivity contribution in [1.82, 2.24) is 0 Å². The molecule has 0 bridgehead atoms. The van der Waals surface area contributed by atoms with E-state index in [2.05, 4.69) is 22.4 Å². The van der Waals surface area contributed by atoms with Gasteiger partial charge in [0, 0.05) is 36.6 Å². The molecule has 23 valence electrons. The van der Waals surface area contributed by atoms with Crippen LogP contribution in [-0.2, 0) is 0 Å². The molecule has 0 atom stereocenters. The second kappa shape index (κ2) is 8.84. The Bertz CT molecular complexity index is 47.6. The Hall–Kier alpha value is 0.800. The molecule has 0 aromatic carbocycles. The fourth-order valence-electron chi connectivity index (χ4n) is 0. The first-order valence-corrected chi connectivity index (χ1v) is 1.28. The van der Waals surface area contributed by atoms with Crippen LogP contribution in [0.15, 0.2) is 4.99 Å². The standard InChI is InChI=1S/C2H3NS.Na/c1-3-2-4;/h1H3;. The molecule has 0 spiro atoms. The molecule has 5 heavy (non-hydrogen) atoms. The molecular weight excluding hydrogens is 93.1 g/mol. The van der Waals surface area contributed by atoms with Crippen molar-refractivity contribution in [3.8, 4) is 0 Å². The molecule has 0 rings (SSSR count). The molecule has 0 N–H and O–H groups in total. The van der Waals surface area contributed by atoms with E-state index >= 15 is 0 Å². The van der Waals surface area contributed by atoms with Gasteiger partial charge in [-0.15, -0.1) is 0 Å². The normalized spacial score (nSPS) is 3.40. The topological polar surface area (TPSA) is 12.4 Å². The fraction of sp³-hybridized carbons (Fsp3) is 0.500. The van der Waals surface area contributed by atoms with Gasteiger partial charge in [-0.25, -0.2) is 4.99 Å². The summed E-state index contributed by atoms with van der Waals surface area (Å²) >= 11 is 4.14. The molecule has 0 saturated carbocycles. The van der Waals surface area contributed by atoms with Crippen LogP contribution in [0.5, 0.6) is 0 Å². The third-order valence-electron chi connectivity index (χ3n) is 0.0913. The molecule has 0 aliphatic carbocycles. The minimum atomic E-state index is 0. The van der Waals surface area contributed by atoms with Gasteiger partial charge in [-0.05, 0) is 12.2 Å². The van der Waals surface area contributed by atoms with Crippen molar-refractivity contribution < 1.29 is 0 Å². The van der Waals surface area contributed by atoms with E-state index in [9.17, 15) is 0 Å². The van der Waals surface area contributed by atoms with Gasteiger partial charge in [-0.2, -0.15) is 0 Å². The van der Waals surface area contributed by atoms with E-state index in [1.165, 1.54) is 0 Å². The van der Waals surface area contributed by atoms with Crippen LogP contribution in [0.1, 0.15) is 0 Å². The van der Waals surface area contributed by atoms with E-state index in [0.29, 0.717) is 0 Å². The van der Waals surface area contributed by atoms with Crippen LogP contribution in [0.2, 0.25) is 0 Å². The molecule has 0 aromatic heterocycles. The van der Waals surface area contributed by atoms with E-state index in [1.54, 1.807) is 7.05 Å². The molecule has 0 heterocycles. The molecule has 1 radical (unpaired) electrons. The Morgan fingerprint density at radius 2 is 2.00 bits per heavy atom. The maximum atomic E-state index is 4.14. The first kappa shape index (κ1) is 9.25. The summed E-state index contributed by atoms with van der Waals surface area (Å²) in [4.78, 5) is 3.30. The van der Waals surface area contributed by atoms with Crippen LogP contribution < -0.4 is 0 Å². The van der Waals surface area contributed by atoms with Gasteiger partial charge in [0.05, 0.1) is 5.16 Å². The Morgan fingerprint density at radius 1 is 1.80 bits per heavy atom. The van der Waals surface area contributed by atoms with Crippen molar-refractivity contribution in [1.29, 1.82) is 0 Å². The summed E-state index contributed by atoms with van der Waals surface area (Å²) in [5.41, 5.74) is 0. The van der Waals surface area contributed by atoms with Crippen LogP contribution >= 0.6 is 12.2 Å². The minimum Gasteiger partial charge on any atom is -0.236 e. The van der Waals surface area contributed by atoms with Gasteiger partial charge < -0.3 is 0 Å². The summed E-state index contributed by atoms with van der Waals surface area (Å²) in [6, 6.07) is 0. The Balaban J connectivity index is 0. The van der Waals surface area contributed by atoms with Crippen LogP contribution in [-0.4, -0.2) is 41.8 Å². The van der Waals surface area contributed by atoms with Gasteiger partial charge in [0.1, 0.15) is 0 Å². The Kier molecular flexibility index (Phi) is 16.4. The molecule has 0 fully saturated rings. The smallest absolute Gasteiger partial charge is 0.0582 e. The molecule has 3 heteroatoms. The predicted molar refractivity (Wildman–Crippen MR) is 26.7 cm³/mol.